The average Bonchev–Trinajstić information content (AvgIpc) is 2.95. The lowest BCUT2D eigenvalue weighted by Gasteiger charge is -2.03. The molecule has 0 saturated carbocycles. The zero-order valence-corrected chi connectivity index (χ0v) is 15.4. The predicted molar refractivity (Wildman–Crippen MR) is 105 cm³/mol. The van der Waals surface area contributed by atoms with Gasteiger partial charge in [0.1, 0.15) is 0 Å². The molecule has 120 valence electrons. The van der Waals surface area contributed by atoms with Crippen molar-refractivity contribution >= 4 is 40.4 Å². The predicted octanol–water partition coefficient (Wildman–Crippen LogP) is 5.31. The summed E-state index contributed by atoms with van der Waals surface area (Å²) in [5.41, 5.74) is 3.07. The Kier molecular flexibility index (Phi) is 5.17. The summed E-state index contributed by atoms with van der Waals surface area (Å²) in [4.78, 5) is 0. The normalized spacial score (nSPS) is 12.0. The van der Waals surface area contributed by atoms with E-state index in [1.807, 2.05) is 61.5 Å². The number of allylic oxidation sites excluding steroid dienone is 1. The molecule has 3 rings (SSSR count). The smallest absolute Gasteiger partial charge is 0.216 e. The van der Waals surface area contributed by atoms with Crippen LogP contribution in [0.15, 0.2) is 69.7 Å². The molecule has 0 aliphatic carbocycles. The largest absolute Gasteiger partial charge is 0.250 e. The Hall–Kier alpha value is -2.31. The highest BCUT2D eigenvalue weighted by Gasteiger charge is 2.10. The van der Waals surface area contributed by atoms with Gasteiger partial charge in [0, 0.05) is 10.0 Å². The van der Waals surface area contributed by atoms with E-state index >= 15 is 0 Å². The number of hydrogen-bond donors (Lipinski definition) is 1. The van der Waals surface area contributed by atoms with Crippen LogP contribution in [0, 0.1) is 4.77 Å². The Balaban J connectivity index is 1.94. The van der Waals surface area contributed by atoms with Crippen LogP contribution in [0.2, 0.25) is 0 Å². The fourth-order valence-corrected chi connectivity index (χ4v) is 2.86. The second-order valence-corrected chi connectivity index (χ2v) is 6.43. The molecular formula is C18H15BrN4S. The molecule has 1 N–H and O–H groups in total. The molecule has 0 saturated heterocycles. The van der Waals surface area contributed by atoms with Gasteiger partial charge in [-0.25, -0.2) is 5.10 Å². The fraction of sp³-hybridized carbons (Fsp3) is 0.0556. The molecule has 3 aromatic rings. The Labute approximate surface area is 153 Å². The molecule has 1 heterocycles. The third-order valence-corrected chi connectivity index (χ3v) is 4.29. The highest BCUT2D eigenvalue weighted by Crippen LogP contribution is 2.26. The van der Waals surface area contributed by atoms with Crippen LogP contribution in [0.3, 0.4) is 0 Å². The summed E-state index contributed by atoms with van der Waals surface area (Å²) in [6.45, 7) is 2.00. The molecular weight excluding hydrogens is 384 g/mol. The summed E-state index contributed by atoms with van der Waals surface area (Å²) in [5, 5.41) is 11.6. The van der Waals surface area contributed by atoms with Crippen molar-refractivity contribution in [3.05, 3.63) is 75.0 Å². The first-order valence-electron chi connectivity index (χ1n) is 7.35. The topological polar surface area (TPSA) is 46.0 Å². The van der Waals surface area contributed by atoms with Crippen molar-refractivity contribution in [2.75, 3.05) is 0 Å². The fourth-order valence-electron chi connectivity index (χ4n) is 2.21. The first-order chi connectivity index (χ1) is 11.6. The maximum atomic E-state index is 5.29. The molecule has 0 amide bonds. The summed E-state index contributed by atoms with van der Waals surface area (Å²) in [6.07, 6.45) is 3.84. The van der Waals surface area contributed by atoms with Gasteiger partial charge < -0.3 is 0 Å². The minimum atomic E-state index is 0.449. The molecule has 2 aromatic carbocycles. The van der Waals surface area contributed by atoms with Gasteiger partial charge in [0.2, 0.25) is 4.77 Å². The lowest BCUT2D eigenvalue weighted by Crippen LogP contribution is -1.95. The Morgan fingerprint density at radius 2 is 1.88 bits per heavy atom. The number of hydrogen-bond acceptors (Lipinski definition) is 3. The van der Waals surface area contributed by atoms with E-state index in [2.05, 4.69) is 37.3 Å². The Morgan fingerprint density at radius 3 is 2.62 bits per heavy atom. The van der Waals surface area contributed by atoms with Crippen molar-refractivity contribution in [3.8, 4) is 11.4 Å². The van der Waals surface area contributed by atoms with Crippen LogP contribution < -0.4 is 0 Å². The first-order valence-corrected chi connectivity index (χ1v) is 8.55. The Bertz CT molecular complexity index is 954. The van der Waals surface area contributed by atoms with Gasteiger partial charge in [-0.2, -0.15) is 14.9 Å². The number of aromatic amines is 1. The van der Waals surface area contributed by atoms with Gasteiger partial charge in [-0.3, -0.25) is 0 Å². The minimum Gasteiger partial charge on any atom is -0.250 e. The van der Waals surface area contributed by atoms with Crippen LogP contribution >= 0.6 is 28.1 Å². The van der Waals surface area contributed by atoms with Crippen molar-refractivity contribution in [2.24, 2.45) is 5.10 Å². The highest BCUT2D eigenvalue weighted by molar-refractivity contribution is 9.10. The number of halogens is 1. The molecule has 6 heteroatoms. The molecule has 0 aliphatic rings. The van der Waals surface area contributed by atoms with Crippen LogP contribution in [-0.4, -0.2) is 21.1 Å². The van der Waals surface area contributed by atoms with Gasteiger partial charge in [0.25, 0.3) is 0 Å². The van der Waals surface area contributed by atoms with Crippen LogP contribution in [0.4, 0.5) is 0 Å². The summed E-state index contributed by atoms with van der Waals surface area (Å²) < 4.78 is 3.01. The molecule has 0 spiro atoms. The number of benzene rings is 2. The number of nitrogens with one attached hydrogen (secondary N) is 1. The van der Waals surface area contributed by atoms with E-state index in [-0.39, 0.29) is 0 Å². The van der Waals surface area contributed by atoms with E-state index in [1.165, 1.54) is 0 Å². The van der Waals surface area contributed by atoms with E-state index in [1.54, 1.807) is 10.9 Å². The molecule has 0 atom stereocenters. The summed E-state index contributed by atoms with van der Waals surface area (Å²) in [5.74, 6) is 0.663. The lowest BCUT2D eigenvalue weighted by molar-refractivity contribution is 0.871. The average molecular weight is 399 g/mol. The molecule has 0 unspecified atom stereocenters. The van der Waals surface area contributed by atoms with Crippen molar-refractivity contribution < 1.29 is 0 Å². The molecule has 24 heavy (non-hydrogen) atoms. The molecule has 1 aromatic heterocycles. The third kappa shape index (κ3) is 3.77. The van der Waals surface area contributed by atoms with E-state index in [4.69, 9.17) is 12.2 Å². The van der Waals surface area contributed by atoms with Crippen molar-refractivity contribution in [1.82, 2.24) is 14.9 Å². The number of aromatic nitrogens is 3. The zero-order valence-electron chi connectivity index (χ0n) is 13.0. The van der Waals surface area contributed by atoms with Gasteiger partial charge in [-0.15, -0.1) is 0 Å². The highest BCUT2D eigenvalue weighted by atomic mass is 79.9. The van der Waals surface area contributed by atoms with E-state index in [9.17, 15) is 0 Å². The van der Waals surface area contributed by atoms with Crippen molar-refractivity contribution in [1.29, 1.82) is 0 Å². The number of nitrogens with zero attached hydrogens (tertiary/aromatic N) is 3. The van der Waals surface area contributed by atoms with Crippen molar-refractivity contribution in [3.63, 3.8) is 0 Å². The minimum absolute atomic E-state index is 0.449. The number of rotatable bonds is 4. The van der Waals surface area contributed by atoms with Gasteiger partial charge in [0.05, 0.1) is 6.21 Å². The van der Waals surface area contributed by atoms with Gasteiger partial charge >= 0.3 is 0 Å². The third-order valence-electron chi connectivity index (χ3n) is 3.34. The van der Waals surface area contributed by atoms with E-state index < -0.39 is 0 Å². The maximum Gasteiger partial charge on any atom is 0.216 e. The molecule has 4 nitrogen and oxygen atoms in total. The first kappa shape index (κ1) is 16.5. The zero-order chi connectivity index (χ0) is 16.9. The van der Waals surface area contributed by atoms with Gasteiger partial charge in [0.15, 0.2) is 5.82 Å². The van der Waals surface area contributed by atoms with E-state index in [0.717, 1.165) is 21.2 Å². The second kappa shape index (κ2) is 7.51. The van der Waals surface area contributed by atoms with Crippen LogP contribution in [0.1, 0.15) is 12.5 Å². The standard InChI is InChI=1S/C18H15BrN4S/c1-13(11-14-7-3-2-4-8-14)12-20-23-17(21-22-18(23)24)15-9-5-6-10-16(15)19/h2-12H,1H3,(H,22,24)/b13-11-,20-12+. The quantitative estimate of drug-likeness (QED) is 0.478. The second-order valence-electron chi connectivity index (χ2n) is 5.19. The lowest BCUT2D eigenvalue weighted by atomic mass is 10.1. The Morgan fingerprint density at radius 1 is 1.17 bits per heavy atom. The van der Waals surface area contributed by atoms with Gasteiger partial charge in [-0.1, -0.05) is 64.5 Å². The molecule has 0 fully saturated rings. The number of H-pyrrole nitrogens is 1. The van der Waals surface area contributed by atoms with Crippen molar-refractivity contribution in [2.45, 2.75) is 6.92 Å². The molecule has 0 radical (unpaired) electrons. The van der Waals surface area contributed by atoms with E-state index in [0.29, 0.717) is 10.6 Å². The van der Waals surface area contributed by atoms with Crippen LogP contribution in [0.25, 0.3) is 17.5 Å². The van der Waals surface area contributed by atoms with Crippen LogP contribution in [0.5, 0.6) is 0 Å². The molecule has 0 aliphatic heterocycles. The summed E-state index contributed by atoms with van der Waals surface area (Å²) in [6, 6.07) is 17.9. The van der Waals surface area contributed by atoms with Gasteiger partial charge in [-0.05, 0) is 42.4 Å². The maximum absolute atomic E-state index is 5.29. The summed E-state index contributed by atoms with van der Waals surface area (Å²) in [7, 11) is 0. The van der Waals surface area contributed by atoms with Crippen LogP contribution in [-0.2, 0) is 0 Å². The monoisotopic (exact) mass is 398 g/mol. The summed E-state index contributed by atoms with van der Waals surface area (Å²) >= 11 is 8.83. The SMILES string of the molecule is CC(=C/c1ccccc1)/C=N/n1c(-c2ccccc2Br)n[nH]c1=S. The molecule has 0 bridgehead atoms.